The number of hydrogen-bond donors (Lipinski definition) is 3. The molecule has 0 atom stereocenters. The summed E-state index contributed by atoms with van der Waals surface area (Å²) in [5.74, 6) is 1.05. The highest BCUT2D eigenvalue weighted by Gasteiger charge is 2.11. The quantitative estimate of drug-likeness (QED) is 0.792. The van der Waals surface area contributed by atoms with Gasteiger partial charge in [-0.05, 0) is 19.1 Å². The van der Waals surface area contributed by atoms with E-state index < -0.39 is 0 Å². The summed E-state index contributed by atoms with van der Waals surface area (Å²) in [7, 11) is 3.36. The molecule has 0 saturated carbocycles. The SMILES string of the molecule is CNC(=O)c1ccccc1Nc1nc(NC)ncc1C. The first-order valence-electron chi connectivity index (χ1n) is 6.25. The Morgan fingerprint density at radius 2 is 1.95 bits per heavy atom. The van der Waals surface area contributed by atoms with E-state index in [1.807, 2.05) is 25.1 Å². The van der Waals surface area contributed by atoms with Crippen LogP contribution in [0.4, 0.5) is 17.5 Å². The third-order valence-electron chi connectivity index (χ3n) is 2.85. The molecular weight excluding hydrogens is 254 g/mol. The maximum absolute atomic E-state index is 11.8. The fourth-order valence-electron chi connectivity index (χ4n) is 1.74. The summed E-state index contributed by atoms with van der Waals surface area (Å²) in [5, 5.41) is 8.69. The number of aryl methyl sites for hydroxylation is 1. The molecular formula is C14H17N5O. The highest BCUT2D eigenvalue weighted by molar-refractivity contribution is 6.00. The van der Waals surface area contributed by atoms with E-state index >= 15 is 0 Å². The standard InChI is InChI=1S/C14H17N5O/c1-9-8-17-14(16-3)19-12(9)18-11-7-5-4-6-10(11)13(20)15-2/h4-8H,1-3H3,(H,15,20)(H2,16,17,18,19). The lowest BCUT2D eigenvalue weighted by atomic mass is 10.1. The number of carbonyl (C=O) groups excluding carboxylic acids is 1. The zero-order valence-electron chi connectivity index (χ0n) is 11.7. The van der Waals surface area contributed by atoms with Gasteiger partial charge in [-0.1, -0.05) is 12.1 Å². The maximum Gasteiger partial charge on any atom is 0.253 e. The molecule has 6 nitrogen and oxygen atoms in total. The van der Waals surface area contributed by atoms with Gasteiger partial charge in [0, 0.05) is 25.9 Å². The normalized spacial score (nSPS) is 9.95. The predicted molar refractivity (Wildman–Crippen MR) is 79.4 cm³/mol. The van der Waals surface area contributed by atoms with Gasteiger partial charge in [-0.2, -0.15) is 4.98 Å². The highest BCUT2D eigenvalue weighted by Crippen LogP contribution is 2.22. The van der Waals surface area contributed by atoms with Crippen LogP contribution in [0.15, 0.2) is 30.5 Å². The second-order valence-corrected chi connectivity index (χ2v) is 4.22. The molecule has 1 aromatic carbocycles. The molecule has 2 aromatic rings. The number of para-hydroxylation sites is 1. The summed E-state index contributed by atoms with van der Waals surface area (Å²) in [6.45, 7) is 1.91. The number of carbonyl (C=O) groups is 1. The smallest absolute Gasteiger partial charge is 0.253 e. The molecule has 1 heterocycles. The largest absolute Gasteiger partial charge is 0.357 e. The van der Waals surface area contributed by atoms with E-state index in [0.29, 0.717) is 23.0 Å². The second kappa shape index (κ2) is 6.01. The molecule has 0 aliphatic rings. The zero-order valence-corrected chi connectivity index (χ0v) is 11.7. The van der Waals surface area contributed by atoms with Gasteiger partial charge in [0.25, 0.3) is 5.91 Å². The van der Waals surface area contributed by atoms with Crippen molar-refractivity contribution in [3.05, 3.63) is 41.6 Å². The van der Waals surface area contributed by atoms with E-state index in [4.69, 9.17) is 0 Å². The van der Waals surface area contributed by atoms with Crippen LogP contribution in [0, 0.1) is 6.92 Å². The number of hydrogen-bond acceptors (Lipinski definition) is 5. The molecule has 0 saturated heterocycles. The lowest BCUT2D eigenvalue weighted by Crippen LogP contribution is -2.19. The Hall–Kier alpha value is -2.63. The van der Waals surface area contributed by atoms with Crippen molar-refractivity contribution in [1.29, 1.82) is 0 Å². The van der Waals surface area contributed by atoms with Crippen LogP contribution in [-0.2, 0) is 0 Å². The molecule has 0 aliphatic carbocycles. The topological polar surface area (TPSA) is 78.9 Å². The van der Waals surface area contributed by atoms with Crippen molar-refractivity contribution in [2.24, 2.45) is 0 Å². The van der Waals surface area contributed by atoms with Crippen molar-refractivity contribution in [3.63, 3.8) is 0 Å². The molecule has 1 amide bonds. The Balaban J connectivity index is 2.37. The van der Waals surface area contributed by atoms with Crippen LogP contribution in [0.25, 0.3) is 0 Å². The second-order valence-electron chi connectivity index (χ2n) is 4.22. The van der Waals surface area contributed by atoms with Crippen LogP contribution in [0.3, 0.4) is 0 Å². The summed E-state index contributed by atoms with van der Waals surface area (Å²) in [4.78, 5) is 20.3. The lowest BCUT2D eigenvalue weighted by Gasteiger charge is -2.12. The predicted octanol–water partition coefficient (Wildman–Crippen LogP) is 1.93. The van der Waals surface area contributed by atoms with Gasteiger partial charge in [0.1, 0.15) is 5.82 Å². The summed E-state index contributed by atoms with van der Waals surface area (Å²) < 4.78 is 0. The summed E-state index contributed by atoms with van der Waals surface area (Å²) in [6.07, 6.45) is 1.73. The molecule has 6 heteroatoms. The van der Waals surface area contributed by atoms with Crippen molar-refractivity contribution in [2.45, 2.75) is 6.92 Å². The number of amides is 1. The molecule has 0 radical (unpaired) electrons. The van der Waals surface area contributed by atoms with E-state index in [2.05, 4.69) is 25.9 Å². The summed E-state index contributed by atoms with van der Waals surface area (Å²) >= 11 is 0. The van der Waals surface area contributed by atoms with Gasteiger partial charge in [-0.15, -0.1) is 0 Å². The molecule has 104 valence electrons. The number of nitrogens with one attached hydrogen (secondary N) is 3. The van der Waals surface area contributed by atoms with E-state index in [0.717, 1.165) is 5.56 Å². The highest BCUT2D eigenvalue weighted by atomic mass is 16.1. The van der Waals surface area contributed by atoms with Crippen molar-refractivity contribution < 1.29 is 4.79 Å². The third kappa shape index (κ3) is 2.85. The van der Waals surface area contributed by atoms with Gasteiger partial charge < -0.3 is 16.0 Å². The Kier molecular flexibility index (Phi) is 4.14. The van der Waals surface area contributed by atoms with Gasteiger partial charge in [0.2, 0.25) is 5.95 Å². The minimum Gasteiger partial charge on any atom is -0.357 e. The monoisotopic (exact) mass is 271 g/mol. The van der Waals surface area contributed by atoms with Crippen LogP contribution in [0.1, 0.15) is 15.9 Å². The van der Waals surface area contributed by atoms with Crippen LogP contribution in [0.5, 0.6) is 0 Å². The van der Waals surface area contributed by atoms with Gasteiger partial charge in [-0.3, -0.25) is 4.79 Å². The number of benzene rings is 1. The average molecular weight is 271 g/mol. The number of anilines is 3. The van der Waals surface area contributed by atoms with E-state index in [1.165, 1.54) is 0 Å². The molecule has 2 rings (SSSR count). The lowest BCUT2D eigenvalue weighted by molar-refractivity contribution is 0.0964. The molecule has 20 heavy (non-hydrogen) atoms. The van der Waals surface area contributed by atoms with Crippen LogP contribution in [-0.4, -0.2) is 30.0 Å². The maximum atomic E-state index is 11.8. The van der Waals surface area contributed by atoms with Gasteiger partial charge in [-0.25, -0.2) is 4.98 Å². The number of nitrogens with zero attached hydrogens (tertiary/aromatic N) is 2. The number of aromatic nitrogens is 2. The van der Waals surface area contributed by atoms with E-state index in [-0.39, 0.29) is 5.91 Å². The van der Waals surface area contributed by atoms with Crippen LogP contribution in [0.2, 0.25) is 0 Å². The molecule has 3 N–H and O–H groups in total. The van der Waals surface area contributed by atoms with Crippen LogP contribution >= 0.6 is 0 Å². The molecule has 0 bridgehead atoms. The fourth-order valence-corrected chi connectivity index (χ4v) is 1.74. The molecule has 1 aromatic heterocycles. The van der Waals surface area contributed by atoms with E-state index in [9.17, 15) is 4.79 Å². The molecule has 0 spiro atoms. The first kappa shape index (κ1) is 13.8. The molecule has 0 aliphatic heterocycles. The van der Waals surface area contributed by atoms with Crippen LogP contribution < -0.4 is 16.0 Å². The average Bonchev–Trinajstić information content (AvgIpc) is 2.49. The minimum atomic E-state index is -0.145. The third-order valence-corrected chi connectivity index (χ3v) is 2.85. The summed E-state index contributed by atoms with van der Waals surface area (Å²) in [6, 6.07) is 7.29. The zero-order chi connectivity index (χ0) is 14.5. The van der Waals surface area contributed by atoms with Gasteiger partial charge in [0.15, 0.2) is 0 Å². The summed E-state index contributed by atoms with van der Waals surface area (Å²) in [5.41, 5.74) is 2.17. The first-order valence-corrected chi connectivity index (χ1v) is 6.25. The van der Waals surface area contributed by atoms with Crippen molar-refractivity contribution in [2.75, 3.05) is 24.7 Å². The first-order chi connectivity index (χ1) is 9.65. The molecule has 0 fully saturated rings. The van der Waals surface area contributed by atoms with Gasteiger partial charge in [0.05, 0.1) is 11.3 Å². The Labute approximate surface area is 117 Å². The molecule has 0 unspecified atom stereocenters. The van der Waals surface area contributed by atoms with E-state index in [1.54, 1.807) is 26.4 Å². The van der Waals surface area contributed by atoms with Gasteiger partial charge >= 0.3 is 0 Å². The van der Waals surface area contributed by atoms with Crippen molar-refractivity contribution in [3.8, 4) is 0 Å². The van der Waals surface area contributed by atoms with Crippen molar-refractivity contribution >= 4 is 23.4 Å². The Morgan fingerprint density at radius 3 is 2.65 bits per heavy atom. The Morgan fingerprint density at radius 1 is 1.20 bits per heavy atom. The minimum absolute atomic E-state index is 0.145. The Bertz CT molecular complexity index is 627. The number of rotatable bonds is 4. The fraction of sp³-hybridized carbons (Fsp3) is 0.214. The van der Waals surface area contributed by atoms with Crippen molar-refractivity contribution in [1.82, 2.24) is 15.3 Å².